The smallest absolute Gasteiger partial charge is 0.298 e. The molecule has 0 bridgehead atoms. The topological polar surface area (TPSA) is 41.1 Å². The Morgan fingerprint density at radius 2 is 1.73 bits per heavy atom. The minimum Gasteiger partial charge on any atom is -0.298 e. The van der Waals surface area contributed by atoms with Crippen LogP contribution in [0.1, 0.15) is 15.9 Å². The summed E-state index contributed by atoms with van der Waals surface area (Å²) in [5, 5.41) is 0.438. The number of para-hydroxylation sites is 1. The zero-order valence-corrected chi connectivity index (χ0v) is 12.4. The number of nitrogens with one attached hydrogen (secondary N) is 2. The number of hydrogen-bond acceptors (Lipinski definition) is 2. The number of hydrazine groups is 1. The van der Waals surface area contributed by atoms with Crippen LogP contribution in [0.5, 0.6) is 0 Å². The van der Waals surface area contributed by atoms with Gasteiger partial charge in [-0.05, 0) is 30.3 Å². The quantitative estimate of drug-likeness (QED) is 0.784. The van der Waals surface area contributed by atoms with E-state index in [1.807, 2.05) is 0 Å². The zero-order valence-electron chi connectivity index (χ0n) is 10.8. The Morgan fingerprint density at radius 3 is 2.36 bits per heavy atom. The van der Waals surface area contributed by atoms with Crippen LogP contribution >= 0.6 is 23.2 Å². The highest BCUT2D eigenvalue weighted by Gasteiger charge is 2.33. The van der Waals surface area contributed by atoms with Gasteiger partial charge in [0.15, 0.2) is 0 Å². The van der Waals surface area contributed by atoms with Gasteiger partial charge in [-0.25, -0.2) is 0 Å². The molecule has 0 aliphatic rings. The van der Waals surface area contributed by atoms with Crippen molar-refractivity contribution >= 4 is 34.8 Å². The molecule has 8 heteroatoms. The van der Waals surface area contributed by atoms with Gasteiger partial charge in [-0.1, -0.05) is 35.3 Å². The fourth-order valence-electron chi connectivity index (χ4n) is 1.70. The van der Waals surface area contributed by atoms with Crippen molar-refractivity contribution in [2.45, 2.75) is 6.18 Å². The second-order valence-electron chi connectivity index (χ2n) is 4.25. The summed E-state index contributed by atoms with van der Waals surface area (Å²) < 4.78 is 38.4. The number of rotatable bonds is 3. The molecule has 0 fully saturated rings. The number of amides is 1. The summed E-state index contributed by atoms with van der Waals surface area (Å²) in [7, 11) is 0. The van der Waals surface area contributed by atoms with Gasteiger partial charge in [-0.15, -0.1) is 0 Å². The molecule has 0 heterocycles. The van der Waals surface area contributed by atoms with E-state index in [0.29, 0.717) is 5.02 Å². The summed E-state index contributed by atoms with van der Waals surface area (Å²) in [6.07, 6.45) is -4.54. The summed E-state index contributed by atoms with van der Waals surface area (Å²) in [5.41, 5.74) is 3.35. The van der Waals surface area contributed by atoms with Crippen molar-refractivity contribution in [3.63, 3.8) is 0 Å². The van der Waals surface area contributed by atoms with E-state index in [9.17, 15) is 18.0 Å². The van der Waals surface area contributed by atoms with Crippen LogP contribution < -0.4 is 10.9 Å². The van der Waals surface area contributed by atoms with Gasteiger partial charge in [0, 0.05) is 5.02 Å². The molecule has 1 amide bonds. The lowest BCUT2D eigenvalue weighted by Gasteiger charge is -2.15. The summed E-state index contributed by atoms with van der Waals surface area (Å²) in [4.78, 5) is 11.9. The molecule has 0 aliphatic heterocycles. The standard InChI is InChI=1S/C14H9Cl2F3N2O/c15-8-5-6-9(11(16)7-8)13(22)21-20-12-4-2-1-3-10(12)14(17,18)19/h1-7,20H,(H,21,22). The van der Waals surface area contributed by atoms with E-state index < -0.39 is 17.6 Å². The molecular formula is C14H9Cl2F3N2O. The third kappa shape index (κ3) is 3.84. The molecule has 0 aromatic heterocycles. The number of hydrogen-bond donors (Lipinski definition) is 2. The minimum absolute atomic E-state index is 0.0862. The normalized spacial score (nSPS) is 11.1. The first-order chi connectivity index (χ1) is 10.3. The second kappa shape index (κ2) is 6.46. The monoisotopic (exact) mass is 348 g/mol. The Bertz CT molecular complexity index is 705. The molecule has 3 nitrogen and oxygen atoms in total. The fraction of sp³-hybridized carbons (Fsp3) is 0.0714. The van der Waals surface area contributed by atoms with Gasteiger partial charge in [0.2, 0.25) is 0 Å². The Morgan fingerprint density at radius 1 is 1.05 bits per heavy atom. The Balaban J connectivity index is 2.15. The highest BCUT2D eigenvalue weighted by atomic mass is 35.5. The van der Waals surface area contributed by atoms with Crippen LogP contribution in [0.4, 0.5) is 18.9 Å². The molecule has 0 atom stereocenters. The second-order valence-corrected chi connectivity index (χ2v) is 5.09. The van der Waals surface area contributed by atoms with E-state index in [1.54, 1.807) is 0 Å². The van der Waals surface area contributed by atoms with Crippen LogP contribution in [0.15, 0.2) is 42.5 Å². The number of halogens is 5. The van der Waals surface area contributed by atoms with Crippen molar-refractivity contribution in [1.29, 1.82) is 0 Å². The lowest BCUT2D eigenvalue weighted by Crippen LogP contribution is -2.30. The zero-order chi connectivity index (χ0) is 16.3. The maximum absolute atomic E-state index is 12.8. The SMILES string of the molecule is O=C(NNc1ccccc1C(F)(F)F)c1ccc(Cl)cc1Cl. The average molecular weight is 349 g/mol. The van der Waals surface area contributed by atoms with Gasteiger partial charge in [-0.3, -0.25) is 15.6 Å². The minimum atomic E-state index is -4.54. The van der Waals surface area contributed by atoms with Crippen LogP contribution in [0.25, 0.3) is 0 Å². The molecule has 2 aromatic carbocycles. The molecule has 0 saturated heterocycles. The van der Waals surface area contributed by atoms with Crippen molar-refractivity contribution in [3.8, 4) is 0 Å². The Labute approximate surface area is 134 Å². The first-order valence-corrected chi connectivity index (χ1v) is 6.72. The molecule has 2 rings (SSSR count). The lowest BCUT2D eigenvalue weighted by molar-refractivity contribution is -0.137. The van der Waals surface area contributed by atoms with E-state index in [-0.39, 0.29) is 16.3 Å². The van der Waals surface area contributed by atoms with E-state index >= 15 is 0 Å². The Kier molecular flexibility index (Phi) is 4.83. The molecule has 0 radical (unpaired) electrons. The van der Waals surface area contributed by atoms with Crippen molar-refractivity contribution in [2.75, 3.05) is 5.43 Å². The number of carbonyl (C=O) groups excluding carboxylic acids is 1. The van der Waals surface area contributed by atoms with Crippen LogP contribution in [-0.2, 0) is 6.18 Å². The van der Waals surface area contributed by atoms with E-state index in [1.165, 1.54) is 36.4 Å². The fourth-order valence-corrected chi connectivity index (χ4v) is 2.20. The molecule has 0 saturated carbocycles. The van der Waals surface area contributed by atoms with E-state index in [4.69, 9.17) is 23.2 Å². The predicted molar refractivity (Wildman–Crippen MR) is 79.0 cm³/mol. The number of alkyl halides is 3. The first kappa shape index (κ1) is 16.5. The Hall–Kier alpha value is -1.92. The van der Waals surface area contributed by atoms with Crippen LogP contribution in [0, 0.1) is 0 Å². The average Bonchev–Trinajstić information content (AvgIpc) is 2.44. The summed E-state index contributed by atoms with van der Waals surface area (Å²) in [6.45, 7) is 0. The van der Waals surface area contributed by atoms with Crippen molar-refractivity contribution in [2.24, 2.45) is 0 Å². The highest BCUT2D eigenvalue weighted by Crippen LogP contribution is 2.34. The number of carbonyl (C=O) groups is 1. The molecule has 22 heavy (non-hydrogen) atoms. The third-order valence-electron chi connectivity index (χ3n) is 2.72. The lowest BCUT2D eigenvalue weighted by atomic mass is 10.2. The molecule has 116 valence electrons. The van der Waals surface area contributed by atoms with Gasteiger partial charge in [-0.2, -0.15) is 13.2 Å². The van der Waals surface area contributed by atoms with Gasteiger partial charge >= 0.3 is 6.18 Å². The van der Waals surface area contributed by atoms with Gasteiger partial charge in [0.05, 0.1) is 21.8 Å². The maximum atomic E-state index is 12.8. The van der Waals surface area contributed by atoms with Crippen molar-refractivity contribution in [3.05, 3.63) is 63.6 Å². The number of anilines is 1. The van der Waals surface area contributed by atoms with Gasteiger partial charge in [0.25, 0.3) is 5.91 Å². The maximum Gasteiger partial charge on any atom is 0.418 e. The molecule has 0 unspecified atom stereocenters. The summed E-state index contributed by atoms with van der Waals surface area (Å²) in [5.74, 6) is -0.682. The van der Waals surface area contributed by atoms with Crippen LogP contribution in [-0.4, -0.2) is 5.91 Å². The first-order valence-electron chi connectivity index (χ1n) is 5.96. The summed E-state index contributed by atoms with van der Waals surface area (Å²) in [6, 6.07) is 8.96. The van der Waals surface area contributed by atoms with E-state index in [2.05, 4.69) is 10.9 Å². The van der Waals surface area contributed by atoms with Crippen LogP contribution in [0.3, 0.4) is 0 Å². The largest absolute Gasteiger partial charge is 0.418 e. The molecule has 2 aromatic rings. The van der Waals surface area contributed by atoms with Gasteiger partial charge in [0.1, 0.15) is 0 Å². The molecule has 0 aliphatic carbocycles. The van der Waals surface area contributed by atoms with Gasteiger partial charge < -0.3 is 0 Å². The third-order valence-corrected chi connectivity index (χ3v) is 3.27. The number of benzene rings is 2. The highest BCUT2D eigenvalue weighted by molar-refractivity contribution is 6.36. The van der Waals surface area contributed by atoms with Crippen molar-refractivity contribution in [1.82, 2.24) is 5.43 Å². The van der Waals surface area contributed by atoms with E-state index in [0.717, 1.165) is 6.07 Å². The van der Waals surface area contributed by atoms with Crippen molar-refractivity contribution < 1.29 is 18.0 Å². The van der Waals surface area contributed by atoms with Crippen LogP contribution in [0.2, 0.25) is 10.0 Å². The molecular weight excluding hydrogens is 340 g/mol. The predicted octanol–water partition coefficient (Wildman–Crippen LogP) is 4.77. The summed E-state index contributed by atoms with van der Waals surface area (Å²) >= 11 is 11.6. The molecule has 0 spiro atoms. The molecule has 2 N–H and O–H groups in total.